The van der Waals surface area contributed by atoms with Gasteiger partial charge in [-0.25, -0.2) is 0 Å². The highest BCUT2D eigenvalue weighted by atomic mass is 16.1. The molecule has 0 aromatic heterocycles. The van der Waals surface area contributed by atoms with E-state index < -0.39 is 0 Å². The minimum Gasteiger partial charge on any atom is -0.325 e. The first kappa shape index (κ1) is 11.7. The molecule has 1 amide bonds. The largest absolute Gasteiger partial charge is 0.325 e. The Labute approximate surface area is 90.7 Å². The van der Waals surface area contributed by atoms with Crippen LogP contribution in [0.2, 0.25) is 0 Å². The number of carbonyl (C=O) groups is 1. The van der Waals surface area contributed by atoms with Crippen LogP contribution in [0.25, 0.3) is 0 Å². The zero-order valence-corrected chi connectivity index (χ0v) is 9.29. The van der Waals surface area contributed by atoms with E-state index in [9.17, 15) is 4.79 Å². The van der Waals surface area contributed by atoms with Crippen molar-refractivity contribution in [1.82, 2.24) is 0 Å². The lowest BCUT2D eigenvalue weighted by atomic mass is 10.0. The van der Waals surface area contributed by atoms with E-state index in [0.717, 1.165) is 12.1 Å². The highest BCUT2D eigenvalue weighted by Crippen LogP contribution is 2.12. The van der Waals surface area contributed by atoms with Gasteiger partial charge >= 0.3 is 0 Å². The lowest BCUT2D eigenvalue weighted by molar-refractivity contribution is -0.114. The molecular formula is C12H18N2O. The van der Waals surface area contributed by atoms with Gasteiger partial charge in [0.2, 0.25) is 5.91 Å². The maximum atomic E-state index is 11.0. The molecule has 0 spiro atoms. The van der Waals surface area contributed by atoms with Crippen LogP contribution in [-0.2, 0) is 11.2 Å². The predicted molar refractivity (Wildman–Crippen MR) is 62.7 cm³/mol. The third kappa shape index (κ3) is 4.13. The minimum atomic E-state index is -0.161. The first-order valence-electron chi connectivity index (χ1n) is 5.20. The Morgan fingerprint density at radius 3 is 2.40 bits per heavy atom. The normalized spacial score (nSPS) is 10.4. The molecule has 82 valence electrons. The van der Waals surface area contributed by atoms with Gasteiger partial charge in [0.1, 0.15) is 0 Å². The van der Waals surface area contributed by atoms with Gasteiger partial charge in [0.15, 0.2) is 0 Å². The van der Waals surface area contributed by atoms with Crippen LogP contribution in [0.5, 0.6) is 0 Å². The molecule has 0 atom stereocenters. The fraction of sp³-hybridized carbons (Fsp3) is 0.417. The Hall–Kier alpha value is -1.35. The number of nitrogens with two attached hydrogens (primary N) is 1. The Morgan fingerprint density at radius 2 is 1.93 bits per heavy atom. The summed E-state index contributed by atoms with van der Waals surface area (Å²) in [4.78, 5) is 11.0. The number of hydrogen-bond donors (Lipinski definition) is 2. The molecule has 0 fully saturated rings. The summed E-state index contributed by atoms with van der Waals surface area (Å²) in [6.45, 7) is 4.39. The van der Waals surface area contributed by atoms with Crippen LogP contribution < -0.4 is 11.1 Å². The fourth-order valence-corrected chi connectivity index (χ4v) is 1.41. The van der Waals surface area contributed by atoms with Crippen LogP contribution in [-0.4, -0.2) is 12.5 Å². The highest BCUT2D eigenvalue weighted by molar-refractivity contribution is 5.92. The molecule has 0 saturated heterocycles. The monoisotopic (exact) mass is 206 g/mol. The van der Waals surface area contributed by atoms with E-state index >= 15 is 0 Å². The van der Waals surface area contributed by atoms with Crippen LogP contribution in [0, 0.1) is 5.92 Å². The quantitative estimate of drug-likeness (QED) is 0.789. The molecule has 1 aromatic rings. The van der Waals surface area contributed by atoms with Crippen molar-refractivity contribution >= 4 is 11.6 Å². The van der Waals surface area contributed by atoms with Crippen molar-refractivity contribution in [2.45, 2.75) is 20.3 Å². The number of carbonyl (C=O) groups excluding carboxylic acids is 1. The molecule has 3 heteroatoms. The second-order valence-corrected chi connectivity index (χ2v) is 4.05. The molecule has 0 unspecified atom stereocenters. The molecule has 0 radical (unpaired) electrons. The molecule has 15 heavy (non-hydrogen) atoms. The summed E-state index contributed by atoms with van der Waals surface area (Å²) >= 11 is 0. The Morgan fingerprint density at radius 1 is 1.33 bits per heavy atom. The van der Waals surface area contributed by atoms with E-state index in [0.29, 0.717) is 5.92 Å². The van der Waals surface area contributed by atoms with Crippen molar-refractivity contribution in [1.29, 1.82) is 0 Å². The van der Waals surface area contributed by atoms with Crippen LogP contribution >= 0.6 is 0 Å². The summed E-state index contributed by atoms with van der Waals surface area (Å²) in [5.74, 6) is 0.487. The lowest BCUT2D eigenvalue weighted by Crippen LogP contribution is -2.21. The van der Waals surface area contributed by atoms with Crippen molar-refractivity contribution in [2.75, 3.05) is 11.9 Å². The fourth-order valence-electron chi connectivity index (χ4n) is 1.41. The third-order valence-corrected chi connectivity index (χ3v) is 2.07. The third-order valence-electron chi connectivity index (χ3n) is 2.07. The second-order valence-electron chi connectivity index (χ2n) is 4.05. The van der Waals surface area contributed by atoms with Crippen LogP contribution in [0.1, 0.15) is 19.4 Å². The SMILES string of the molecule is CC(C)Cc1ccc(NC(=O)CN)cc1. The van der Waals surface area contributed by atoms with Crippen molar-refractivity contribution in [3.05, 3.63) is 29.8 Å². The van der Waals surface area contributed by atoms with Gasteiger partial charge in [0.25, 0.3) is 0 Å². The van der Waals surface area contributed by atoms with Crippen LogP contribution in [0.3, 0.4) is 0 Å². The molecule has 0 aliphatic heterocycles. The predicted octanol–water partition coefficient (Wildman–Crippen LogP) is 1.78. The van der Waals surface area contributed by atoms with Gasteiger partial charge in [-0.2, -0.15) is 0 Å². The van der Waals surface area contributed by atoms with Gasteiger partial charge in [-0.15, -0.1) is 0 Å². The van der Waals surface area contributed by atoms with Crippen molar-refractivity contribution in [2.24, 2.45) is 11.7 Å². The summed E-state index contributed by atoms with van der Waals surface area (Å²) in [7, 11) is 0. The molecule has 3 N–H and O–H groups in total. The average molecular weight is 206 g/mol. The van der Waals surface area contributed by atoms with E-state index in [-0.39, 0.29) is 12.5 Å². The van der Waals surface area contributed by atoms with Crippen molar-refractivity contribution in [3.8, 4) is 0 Å². The molecule has 0 bridgehead atoms. The molecule has 3 nitrogen and oxygen atoms in total. The molecule has 0 aliphatic rings. The standard InChI is InChI=1S/C12H18N2O/c1-9(2)7-10-3-5-11(6-4-10)14-12(15)8-13/h3-6,9H,7-8,13H2,1-2H3,(H,14,15). The summed E-state index contributed by atoms with van der Waals surface area (Å²) in [5.41, 5.74) is 7.30. The summed E-state index contributed by atoms with van der Waals surface area (Å²) < 4.78 is 0. The number of anilines is 1. The molecule has 0 aliphatic carbocycles. The summed E-state index contributed by atoms with van der Waals surface area (Å²) in [5, 5.41) is 2.71. The van der Waals surface area contributed by atoms with E-state index in [1.807, 2.05) is 24.3 Å². The smallest absolute Gasteiger partial charge is 0.238 e. The van der Waals surface area contributed by atoms with Gasteiger partial charge < -0.3 is 11.1 Å². The van der Waals surface area contributed by atoms with Crippen LogP contribution in [0.4, 0.5) is 5.69 Å². The van der Waals surface area contributed by atoms with Gasteiger partial charge in [-0.1, -0.05) is 26.0 Å². The maximum absolute atomic E-state index is 11.0. The number of amides is 1. The van der Waals surface area contributed by atoms with E-state index in [1.165, 1.54) is 5.56 Å². The lowest BCUT2D eigenvalue weighted by Gasteiger charge is -2.07. The topological polar surface area (TPSA) is 55.1 Å². The Balaban J connectivity index is 2.60. The molecule has 1 aromatic carbocycles. The minimum absolute atomic E-state index is 0.0216. The number of nitrogens with one attached hydrogen (secondary N) is 1. The molecule has 0 saturated carbocycles. The summed E-state index contributed by atoms with van der Waals surface area (Å²) in [6, 6.07) is 7.88. The first-order chi connectivity index (χ1) is 7.11. The van der Waals surface area contributed by atoms with Crippen LogP contribution in [0.15, 0.2) is 24.3 Å². The Kier molecular flexibility index (Phi) is 4.31. The average Bonchev–Trinajstić information content (AvgIpc) is 2.20. The first-order valence-corrected chi connectivity index (χ1v) is 5.20. The van der Waals surface area contributed by atoms with Gasteiger partial charge in [-0.05, 0) is 30.0 Å². The van der Waals surface area contributed by atoms with Crippen molar-refractivity contribution < 1.29 is 4.79 Å². The van der Waals surface area contributed by atoms with Gasteiger partial charge in [0, 0.05) is 5.69 Å². The summed E-state index contributed by atoms with van der Waals surface area (Å²) in [6.07, 6.45) is 1.06. The zero-order valence-electron chi connectivity index (χ0n) is 9.29. The van der Waals surface area contributed by atoms with E-state index in [1.54, 1.807) is 0 Å². The second kappa shape index (κ2) is 5.51. The molecule has 1 rings (SSSR count). The van der Waals surface area contributed by atoms with E-state index in [4.69, 9.17) is 5.73 Å². The van der Waals surface area contributed by atoms with Gasteiger partial charge in [0.05, 0.1) is 6.54 Å². The molecular weight excluding hydrogens is 188 g/mol. The van der Waals surface area contributed by atoms with Crippen molar-refractivity contribution in [3.63, 3.8) is 0 Å². The van der Waals surface area contributed by atoms with Gasteiger partial charge in [-0.3, -0.25) is 4.79 Å². The molecule has 0 heterocycles. The Bertz CT molecular complexity index is 317. The highest BCUT2D eigenvalue weighted by Gasteiger charge is 2.00. The number of rotatable bonds is 4. The zero-order chi connectivity index (χ0) is 11.3. The van der Waals surface area contributed by atoms with E-state index in [2.05, 4.69) is 19.2 Å². The number of hydrogen-bond acceptors (Lipinski definition) is 2. The maximum Gasteiger partial charge on any atom is 0.238 e. The number of benzene rings is 1.